The lowest BCUT2D eigenvalue weighted by Crippen LogP contribution is -2.23. The summed E-state index contributed by atoms with van der Waals surface area (Å²) >= 11 is 3.08. The highest BCUT2D eigenvalue weighted by Crippen LogP contribution is 2.22. The largest absolute Gasteiger partial charge is 0.326 e. The number of rotatable bonds is 2. The average molecular weight is 298 g/mol. The SMILES string of the molecule is O=C(Nc1ccc(Br)c(F)c1)C1CC=CCC1. The lowest BCUT2D eigenvalue weighted by Gasteiger charge is -2.17. The topological polar surface area (TPSA) is 29.1 Å². The summed E-state index contributed by atoms with van der Waals surface area (Å²) in [6.07, 6.45) is 6.68. The molecule has 0 saturated carbocycles. The molecule has 0 aromatic heterocycles. The average Bonchev–Trinajstić information content (AvgIpc) is 2.35. The van der Waals surface area contributed by atoms with E-state index in [4.69, 9.17) is 0 Å². The van der Waals surface area contributed by atoms with Gasteiger partial charge in [-0.1, -0.05) is 12.2 Å². The maximum atomic E-state index is 13.3. The van der Waals surface area contributed by atoms with Crippen LogP contribution in [-0.4, -0.2) is 5.91 Å². The maximum absolute atomic E-state index is 13.3. The third kappa shape index (κ3) is 3.16. The Morgan fingerprint density at radius 3 is 2.88 bits per heavy atom. The molecule has 4 heteroatoms. The zero-order valence-corrected chi connectivity index (χ0v) is 10.8. The second-order valence-electron chi connectivity index (χ2n) is 4.10. The highest BCUT2D eigenvalue weighted by molar-refractivity contribution is 9.10. The third-order valence-electron chi connectivity index (χ3n) is 2.83. The van der Waals surface area contributed by atoms with Crippen molar-refractivity contribution in [2.75, 3.05) is 5.32 Å². The van der Waals surface area contributed by atoms with Crippen LogP contribution in [0.5, 0.6) is 0 Å². The number of nitrogens with one attached hydrogen (secondary N) is 1. The Balaban J connectivity index is 2.02. The number of carbonyl (C=O) groups excluding carboxylic acids is 1. The molecule has 0 saturated heterocycles. The molecule has 1 aromatic rings. The Morgan fingerprint density at radius 2 is 2.24 bits per heavy atom. The van der Waals surface area contributed by atoms with E-state index >= 15 is 0 Å². The Morgan fingerprint density at radius 1 is 1.41 bits per heavy atom. The molecule has 2 nitrogen and oxygen atoms in total. The fourth-order valence-corrected chi connectivity index (χ4v) is 2.10. The van der Waals surface area contributed by atoms with E-state index in [2.05, 4.69) is 27.3 Å². The Hall–Kier alpha value is -1.16. The summed E-state index contributed by atoms with van der Waals surface area (Å²) in [5.41, 5.74) is 0.505. The highest BCUT2D eigenvalue weighted by Gasteiger charge is 2.18. The van der Waals surface area contributed by atoms with Crippen LogP contribution in [0, 0.1) is 11.7 Å². The first-order valence-electron chi connectivity index (χ1n) is 5.58. The lowest BCUT2D eigenvalue weighted by molar-refractivity contribution is -0.120. The van der Waals surface area contributed by atoms with Crippen LogP contribution in [0.15, 0.2) is 34.8 Å². The van der Waals surface area contributed by atoms with Crippen molar-refractivity contribution < 1.29 is 9.18 Å². The summed E-state index contributed by atoms with van der Waals surface area (Å²) in [5.74, 6) is -0.394. The summed E-state index contributed by atoms with van der Waals surface area (Å²) in [7, 11) is 0. The van der Waals surface area contributed by atoms with Gasteiger partial charge in [-0.2, -0.15) is 0 Å². The van der Waals surface area contributed by atoms with Gasteiger partial charge >= 0.3 is 0 Å². The standard InChI is InChI=1S/C13H13BrFNO/c14-11-7-6-10(8-12(11)15)16-13(17)9-4-2-1-3-5-9/h1-2,6-9H,3-5H2,(H,16,17). The van der Waals surface area contributed by atoms with E-state index in [0.29, 0.717) is 10.2 Å². The minimum absolute atomic E-state index is 0.00621. The quantitative estimate of drug-likeness (QED) is 0.825. The van der Waals surface area contributed by atoms with E-state index in [1.807, 2.05) is 6.08 Å². The van der Waals surface area contributed by atoms with E-state index in [1.54, 1.807) is 12.1 Å². The number of hydrogen-bond acceptors (Lipinski definition) is 1. The van der Waals surface area contributed by atoms with Crippen molar-refractivity contribution in [3.63, 3.8) is 0 Å². The Bertz CT molecular complexity index is 459. The number of halogens is 2. The summed E-state index contributed by atoms with van der Waals surface area (Å²) in [5, 5.41) is 2.75. The molecule has 0 aliphatic heterocycles. The molecule has 0 heterocycles. The molecule has 1 aliphatic rings. The van der Waals surface area contributed by atoms with Gasteiger partial charge in [-0.3, -0.25) is 4.79 Å². The molecule has 17 heavy (non-hydrogen) atoms. The Kier molecular flexibility index (Phi) is 3.94. The van der Waals surface area contributed by atoms with Crippen LogP contribution in [-0.2, 0) is 4.79 Å². The number of amides is 1. The monoisotopic (exact) mass is 297 g/mol. The summed E-state index contributed by atoms with van der Waals surface area (Å²) in [6.45, 7) is 0. The van der Waals surface area contributed by atoms with Crippen molar-refractivity contribution in [1.29, 1.82) is 0 Å². The summed E-state index contributed by atoms with van der Waals surface area (Å²) in [6, 6.07) is 4.59. The van der Waals surface area contributed by atoms with Crippen molar-refractivity contribution in [2.24, 2.45) is 5.92 Å². The van der Waals surface area contributed by atoms with Gasteiger partial charge in [0.1, 0.15) is 5.82 Å². The molecule has 90 valence electrons. The van der Waals surface area contributed by atoms with E-state index in [0.717, 1.165) is 19.3 Å². The number of benzene rings is 1. The van der Waals surface area contributed by atoms with E-state index < -0.39 is 0 Å². The minimum atomic E-state index is -0.369. The van der Waals surface area contributed by atoms with Gasteiger partial charge in [-0.25, -0.2) is 4.39 Å². The van der Waals surface area contributed by atoms with Gasteiger partial charge in [0.15, 0.2) is 0 Å². The van der Waals surface area contributed by atoms with E-state index in [9.17, 15) is 9.18 Å². The van der Waals surface area contributed by atoms with Gasteiger partial charge in [0.05, 0.1) is 4.47 Å². The van der Waals surface area contributed by atoms with Gasteiger partial charge in [0, 0.05) is 11.6 Å². The molecule has 1 atom stereocenters. The third-order valence-corrected chi connectivity index (χ3v) is 3.47. The minimum Gasteiger partial charge on any atom is -0.326 e. The summed E-state index contributed by atoms with van der Waals surface area (Å²) < 4.78 is 13.7. The first-order valence-corrected chi connectivity index (χ1v) is 6.37. The van der Waals surface area contributed by atoms with Crippen LogP contribution >= 0.6 is 15.9 Å². The maximum Gasteiger partial charge on any atom is 0.227 e. The number of hydrogen-bond donors (Lipinski definition) is 1. The number of anilines is 1. The van der Waals surface area contributed by atoms with E-state index in [1.165, 1.54) is 6.07 Å². The predicted octanol–water partition coefficient (Wildman–Crippen LogP) is 3.88. The molecule has 1 aliphatic carbocycles. The second kappa shape index (κ2) is 5.45. The van der Waals surface area contributed by atoms with Crippen molar-refractivity contribution in [3.8, 4) is 0 Å². The van der Waals surface area contributed by atoms with Crippen LogP contribution < -0.4 is 5.32 Å². The molecular weight excluding hydrogens is 285 g/mol. The first kappa shape index (κ1) is 12.3. The van der Waals surface area contributed by atoms with Crippen molar-refractivity contribution in [3.05, 3.63) is 40.6 Å². The van der Waals surface area contributed by atoms with Crippen LogP contribution in [0.3, 0.4) is 0 Å². The molecule has 1 amide bonds. The highest BCUT2D eigenvalue weighted by atomic mass is 79.9. The molecule has 2 rings (SSSR count). The molecule has 0 bridgehead atoms. The zero-order chi connectivity index (χ0) is 12.3. The molecular formula is C13H13BrFNO. The lowest BCUT2D eigenvalue weighted by atomic mass is 9.93. The zero-order valence-electron chi connectivity index (χ0n) is 9.25. The first-order chi connectivity index (χ1) is 8.16. The smallest absolute Gasteiger partial charge is 0.227 e. The van der Waals surface area contributed by atoms with Crippen LogP contribution in [0.2, 0.25) is 0 Å². The molecule has 1 N–H and O–H groups in total. The molecule has 0 spiro atoms. The molecule has 0 radical (unpaired) electrons. The number of carbonyl (C=O) groups is 1. The number of allylic oxidation sites excluding steroid dienone is 2. The van der Waals surface area contributed by atoms with Gasteiger partial charge < -0.3 is 5.32 Å². The van der Waals surface area contributed by atoms with Gasteiger partial charge in [0.2, 0.25) is 5.91 Å². The molecule has 1 unspecified atom stereocenters. The Labute approximate surface area is 108 Å². The molecule has 0 fully saturated rings. The molecule has 1 aromatic carbocycles. The second-order valence-corrected chi connectivity index (χ2v) is 4.95. The van der Waals surface area contributed by atoms with Crippen LogP contribution in [0.4, 0.5) is 10.1 Å². The van der Waals surface area contributed by atoms with Crippen LogP contribution in [0.1, 0.15) is 19.3 Å². The summed E-state index contributed by atoms with van der Waals surface area (Å²) in [4.78, 5) is 11.9. The normalized spacial score (nSPS) is 19.1. The fraction of sp³-hybridized carbons (Fsp3) is 0.308. The van der Waals surface area contributed by atoms with Crippen molar-refractivity contribution >= 4 is 27.5 Å². The fourth-order valence-electron chi connectivity index (χ4n) is 1.85. The van der Waals surface area contributed by atoms with Gasteiger partial charge in [-0.05, 0) is 53.4 Å². The van der Waals surface area contributed by atoms with Crippen molar-refractivity contribution in [2.45, 2.75) is 19.3 Å². The van der Waals surface area contributed by atoms with Gasteiger partial charge in [0.25, 0.3) is 0 Å². The predicted molar refractivity (Wildman–Crippen MR) is 69.2 cm³/mol. The van der Waals surface area contributed by atoms with Crippen molar-refractivity contribution in [1.82, 2.24) is 0 Å². The van der Waals surface area contributed by atoms with Gasteiger partial charge in [-0.15, -0.1) is 0 Å². The van der Waals surface area contributed by atoms with Crippen LogP contribution in [0.25, 0.3) is 0 Å². The van der Waals surface area contributed by atoms with E-state index in [-0.39, 0.29) is 17.6 Å².